The lowest BCUT2D eigenvalue weighted by Gasteiger charge is -2.10. The Labute approximate surface area is 129 Å². The van der Waals surface area contributed by atoms with Crippen molar-refractivity contribution in [1.82, 2.24) is 0 Å². The summed E-state index contributed by atoms with van der Waals surface area (Å²) < 4.78 is 10.3. The molecule has 0 aliphatic heterocycles. The Morgan fingerprint density at radius 3 is 2.14 bits per heavy atom. The Hall–Kier alpha value is -2.62. The normalized spacial score (nSPS) is 10.3. The van der Waals surface area contributed by atoms with Gasteiger partial charge in [-0.25, -0.2) is 0 Å². The van der Waals surface area contributed by atoms with E-state index in [1.54, 1.807) is 31.2 Å². The van der Waals surface area contributed by atoms with Gasteiger partial charge in [-0.3, -0.25) is 9.59 Å². The Bertz CT molecular complexity index is 607. The number of para-hydroxylation sites is 1. The lowest BCUT2D eigenvalue weighted by Crippen LogP contribution is -2.19. The average Bonchev–Trinajstić information content (AvgIpc) is 2.54. The summed E-state index contributed by atoms with van der Waals surface area (Å²) in [6, 6.07) is 18.1. The Morgan fingerprint density at radius 1 is 0.909 bits per heavy atom. The molecule has 113 valence electrons. The molecule has 0 aliphatic carbocycles. The molecule has 2 rings (SSSR count). The lowest BCUT2D eigenvalue weighted by molar-refractivity contribution is -0.145. The number of benzene rings is 2. The minimum Gasteiger partial charge on any atom is -0.460 e. The molecule has 4 nitrogen and oxygen atoms in total. The van der Waals surface area contributed by atoms with Crippen LogP contribution in [0.25, 0.3) is 0 Å². The van der Waals surface area contributed by atoms with E-state index in [4.69, 9.17) is 9.47 Å². The van der Waals surface area contributed by atoms with Crippen molar-refractivity contribution in [1.29, 1.82) is 0 Å². The van der Waals surface area contributed by atoms with Crippen LogP contribution in [0, 0.1) is 5.92 Å². The highest BCUT2D eigenvalue weighted by Crippen LogP contribution is 2.14. The summed E-state index contributed by atoms with van der Waals surface area (Å²) in [4.78, 5) is 23.6. The number of ether oxygens (including phenoxy) is 2. The van der Waals surface area contributed by atoms with Crippen LogP contribution in [-0.4, -0.2) is 11.9 Å². The molecule has 0 unspecified atom stereocenters. The van der Waals surface area contributed by atoms with Gasteiger partial charge in [-0.2, -0.15) is 0 Å². The van der Waals surface area contributed by atoms with Crippen molar-refractivity contribution in [3.05, 3.63) is 72.1 Å². The van der Waals surface area contributed by atoms with Crippen molar-refractivity contribution in [3.8, 4) is 5.75 Å². The van der Waals surface area contributed by atoms with Crippen LogP contribution in [0.5, 0.6) is 5.75 Å². The van der Waals surface area contributed by atoms with Gasteiger partial charge < -0.3 is 9.47 Å². The number of hydrogen-bond donors (Lipinski definition) is 0. The average molecular weight is 297 g/mol. The van der Waals surface area contributed by atoms with Crippen LogP contribution >= 0.6 is 0 Å². The SMILES string of the molecule is C[C](CC(=O)Oc1ccccc1)C(=O)OCc1ccccc1. The Kier molecular flexibility index (Phi) is 5.72. The van der Waals surface area contributed by atoms with Gasteiger partial charge >= 0.3 is 11.9 Å². The quantitative estimate of drug-likeness (QED) is 0.606. The Balaban J connectivity index is 1.77. The third-order valence-corrected chi connectivity index (χ3v) is 2.95. The molecule has 0 heterocycles. The van der Waals surface area contributed by atoms with Gasteiger partial charge in [-0.15, -0.1) is 0 Å². The van der Waals surface area contributed by atoms with Gasteiger partial charge in [-0.05, 0) is 24.6 Å². The van der Waals surface area contributed by atoms with Crippen LogP contribution in [0.4, 0.5) is 0 Å². The summed E-state index contributed by atoms with van der Waals surface area (Å²) in [6.07, 6.45) is -0.0947. The molecule has 2 aromatic carbocycles. The molecule has 0 aromatic heterocycles. The van der Waals surface area contributed by atoms with Crippen LogP contribution in [0.3, 0.4) is 0 Å². The van der Waals surface area contributed by atoms with Crippen molar-refractivity contribution >= 4 is 11.9 Å². The van der Waals surface area contributed by atoms with Crippen LogP contribution in [-0.2, 0) is 20.9 Å². The van der Waals surface area contributed by atoms with Gasteiger partial charge in [-0.1, -0.05) is 48.5 Å². The van der Waals surface area contributed by atoms with E-state index in [-0.39, 0.29) is 13.0 Å². The van der Waals surface area contributed by atoms with Crippen LogP contribution in [0.15, 0.2) is 60.7 Å². The third-order valence-electron chi connectivity index (χ3n) is 2.95. The van der Waals surface area contributed by atoms with Crippen LogP contribution in [0.1, 0.15) is 18.9 Å². The topological polar surface area (TPSA) is 52.6 Å². The zero-order chi connectivity index (χ0) is 15.8. The first-order valence-electron chi connectivity index (χ1n) is 6.94. The highest BCUT2D eigenvalue weighted by atomic mass is 16.5. The predicted molar refractivity (Wildman–Crippen MR) is 81.8 cm³/mol. The van der Waals surface area contributed by atoms with Crippen molar-refractivity contribution in [3.63, 3.8) is 0 Å². The van der Waals surface area contributed by atoms with E-state index in [0.29, 0.717) is 11.7 Å². The van der Waals surface area contributed by atoms with E-state index < -0.39 is 11.9 Å². The minimum atomic E-state index is -0.492. The molecule has 0 saturated carbocycles. The second-order valence-corrected chi connectivity index (χ2v) is 4.81. The molecular formula is C18H17O4. The van der Waals surface area contributed by atoms with Gasteiger partial charge in [0.1, 0.15) is 12.4 Å². The van der Waals surface area contributed by atoms with Gasteiger partial charge in [0.2, 0.25) is 0 Å². The van der Waals surface area contributed by atoms with E-state index in [1.807, 2.05) is 36.4 Å². The maximum atomic E-state index is 11.8. The van der Waals surface area contributed by atoms with E-state index in [1.165, 1.54) is 0 Å². The van der Waals surface area contributed by atoms with E-state index >= 15 is 0 Å². The lowest BCUT2D eigenvalue weighted by atomic mass is 10.1. The molecule has 0 spiro atoms. The first-order valence-corrected chi connectivity index (χ1v) is 6.94. The van der Waals surface area contributed by atoms with Crippen LogP contribution < -0.4 is 4.74 Å². The summed E-state index contributed by atoms with van der Waals surface area (Å²) in [6.45, 7) is 1.75. The first kappa shape index (κ1) is 15.8. The fraction of sp³-hybridized carbons (Fsp3) is 0.167. The summed E-state index contributed by atoms with van der Waals surface area (Å²) in [7, 11) is 0. The first-order chi connectivity index (χ1) is 10.6. The van der Waals surface area contributed by atoms with Gasteiger partial charge in [0.25, 0.3) is 0 Å². The molecule has 1 radical (unpaired) electrons. The minimum absolute atomic E-state index is 0.0947. The number of hydrogen-bond acceptors (Lipinski definition) is 4. The standard InChI is InChI=1S/C18H17O4/c1-14(12-17(19)22-16-10-6-3-7-11-16)18(20)21-13-15-8-4-2-5-9-15/h2-11H,12-13H2,1H3. The molecule has 4 heteroatoms. The molecule has 0 fully saturated rings. The summed E-state index contributed by atoms with van der Waals surface area (Å²) in [5, 5.41) is 0. The highest BCUT2D eigenvalue weighted by Gasteiger charge is 2.20. The zero-order valence-electron chi connectivity index (χ0n) is 12.3. The van der Waals surface area contributed by atoms with E-state index in [9.17, 15) is 9.59 Å². The second kappa shape index (κ2) is 7.98. The second-order valence-electron chi connectivity index (χ2n) is 4.81. The van der Waals surface area contributed by atoms with Crippen molar-refractivity contribution < 1.29 is 19.1 Å². The van der Waals surface area contributed by atoms with Crippen molar-refractivity contribution in [2.24, 2.45) is 0 Å². The maximum absolute atomic E-state index is 11.8. The van der Waals surface area contributed by atoms with Crippen molar-refractivity contribution in [2.75, 3.05) is 0 Å². The smallest absolute Gasteiger partial charge is 0.313 e. The molecule has 0 N–H and O–H groups in total. The van der Waals surface area contributed by atoms with Crippen molar-refractivity contribution in [2.45, 2.75) is 20.0 Å². The Morgan fingerprint density at radius 2 is 1.50 bits per heavy atom. The van der Waals surface area contributed by atoms with Crippen LogP contribution in [0.2, 0.25) is 0 Å². The molecule has 0 amide bonds. The molecule has 22 heavy (non-hydrogen) atoms. The third kappa shape index (κ3) is 5.05. The van der Waals surface area contributed by atoms with Gasteiger partial charge in [0, 0.05) is 0 Å². The van der Waals surface area contributed by atoms with E-state index in [0.717, 1.165) is 5.56 Å². The van der Waals surface area contributed by atoms with Gasteiger partial charge in [0.05, 0.1) is 12.3 Å². The number of rotatable bonds is 6. The molecule has 0 atom stereocenters. The largest absolute Gasteiger partial charge is 0.460 e. The summed E-state index contributed by atoms with van der Waals surface area (Å²) in [5.74, 6) is -0.205. The number of carbonyl (C=O) groups is 2. The fourth-order valence-corrected chi connectivity index (χ4v) is 1.79. The maximum Gasteiger partial charge on any atom is 0.313 e. The fourth-order valence-electron chi connectivity index (χ4n) is 1.79. The molecule has 0 saturated heterocycles. The summed E-state index contributed by atoms with van der Waals surface area (Å²) in [5.41, 5.74) is 0.899. The number of carbonyl (C=O) groups excluding carboxylic acids is 2. The predicted octanol–water partition coefficient (Wildman–Crippen LogP) is 3.32. The zero-order valence-corrected chi connectivity index (χ0v) is 12.3. The molecule has 0 bridgehead atoms. The summed E-state index contributed by atoms with van der Waals surface area (Å²) >= 11 is 0. The molecule has 0 aliphatic rings. The number of esters is 2. The molecular weight excluding hydrogens is 280 g/mol. The monoisotopic (exact) mass is 297 g/mol. The van der Waals surface area contributed by atoms with Gasteiger partial charge in [0.15, 0.2) is 0 Å². The highest BCUT2D eigenvalue weighted by molar-refractivity contribution is 5.90. The van der Waals surface area contributed by atoms with E-state index in [2.05, 4.69) is 0 Å². The molecule has 2 aromatic rings.